The molecule has 1 aromatic rings. The second-order valence-electron chi connectivity index (χ2n) is 10.2. The number of esters is 1. The van der Waals surface area contributed by atoms with Gasteiger partial charge in [-0.05, 0) is 44.1 Å². The normalized spacial score (nSPS) is 38.5. The van der Waals surface area contributed by atoms with Gasteiger partial charge < -0.3 is 23.7 Å². The van der Waals surface area contributed by atoms with Gasteiger partial charge in [0.1, 0.15) is 12.2 Å². The van der Waals surface area contributed by atoms with Crippen molar-refractivity contribution in [1.82, 2.24) is 0 Å². The van der Waals surface area contributed by atoms with Crippen molar-refractivity contribution in [3.8, 4) is 0 Å². The molecule has 2 bridgehead atoms. The Morgan fingerprint density at radius 2 is 1.51 bits per heavy atom. The zero-order valence-electron chi connectivity index (χ0n) is 22.2. The molecule has 2 aliphatic rings. The Morgan fingerprint density at radius 3 is 2.17 bits per heavy atom. The molecule has 0 N–H and O–H groups in total. The van der Waals surface area contributed by atoms with Crippen LogP contribution in [-0.2, 0) is 28.5 Å². The number of ether oxygens (including phenoxy) is 5. The molecule has 1 fully saturated rings. The summed E-state index contributed by atoms with van der Waals surface area (Å²) < 4.78 is 30.1. The van der Waals surface area contributed by atoms with Crippen LogP contribution in [0.3, 0.4) is 0 Å². The standard InChI is InChI=1S/C29H44O6/c1-19-16-17-25(32-5)24(31-4)15-11-10-14-23(22-12-8-7-9-13-22)34-29(30)21(3)28-26(33-6)18-20(2)27(19)35-28/h7-9,12-13,16-17,19-21,23-28H,10-11,14-15,18H2,1-6H3/b17-16+/t19-,20-,21-,23-,24?,25+,26+,27+,28+/m0/s1. The van der Waals surface area contributed by atoms with Gasteiger partial charge >= 0.3 is 5.97 Å². The number of benzene rings is 1. The van der Waals surface area contributed by atoms with E-state index in [0.29, 0.717) is 0 Å². The van der Waals surface area contributed by atoms with Crippen molar-refractivity contribution in [1.29, 1.82) is 0 Å². The van der Waals surface area contributed by atoms with Gasteiger partial charge in [0, 0.05) is 27.2 Å². The van der Waals surface area contributed by atoms with E-state index in [9.17, 15) is 4.79 Å². The smallest absolute Gasteiger partial charge is 0.312 e. The van der Waals surface area contributed by atoms with Gasteiger partial charge in [-0.15, -0.1) is 0 Å². The van der Waals surface area contributed by atoms with Gasteiger partial charge in [0.25, 0.3) is 0 Å². The second-order valence-corrected chi connectivity index (χ2v) is 10.2. The fourth-order valence-electron chi connectivity index (χ4n) is 5.53. The molecule has 6 heteroatoms. The number of carbonyl (C=O) groups is 1. The third-order valence-electron chi connectivity index (χ3n) is 7.71. The highest BCUT2D eigenvalue weighted by atomic mass is 16.6. The second kappa shape index (κ2) is 13.5. The zero-order chi connectivity index (χ0) is 25.4. The van der Waals surface area contributed by atoms with Crippen molar-refractivity contribution in [2.24, 2.45) is 17.8 Å². The maximum absolute atomic E-state index is 13.4. The van der Waals surface area contributed by atoms with Crippen LogP contribution in [0, 0.1) is 17.8 Å². The quantitative estimate of drug-likeness (QED) is 0.411. The molecular weight excluding hydrogens is 444 g/mol. The number of methoxy groups -OCH3 is 3. The predicted molar refractivity (Wildman–Crippen MR) is 136 cm³/mol. The topological polar surface area (TPSA) is 63.2 Å². The van der Waals surface area contributed by atoms with E-state index in [1.807, 2.05) is 37.3 Å². The van der Waals surface area contributed by atoms with Crippen molar-refractivity contribution >= 4 is 5.97 Å². The molecule has 0 saturated carbocycles. The highest BCUT2D eigenvalue weighted by Gasteiger charge is 2.43. The molecule has 0 spiro atoms. The van der Waals surface area contributed by atoms with Crippen molar-refractivity contribution in [3.05, 3.63) is 48.0 Å². The molecule has 196 valence electrons. The minimum absolute atomic E-state index is 0.0331. The minimum atomic E-state index is -0.435. The van der Waals surface area contributed by atoms with Crippen LogP contribution < -0.4 is 0 Å². The third-order valence-corrected chi connectivity index (χ3v) is 7.71. The monoisotopic (exact) mass is 488 g/mol. The summed E-state index contributed by atoms with van der Waals surface area (Å²) in [6, 6.07) is 10.0. The number of cyclic esters (lactones) is 1. The molecule has 1 aromatic carbocycles. The highest BCUT2D eigenvalue weighted by Crippen LogP contribution is 2.36. The lowest BCUT2D eigenvalue weighted by Gasteiger charge is -2.43. The molecule has 9 atom stereocenters. The molecular formula is C29H44O6. The van der Waals surface area contributed by atoms with Gasteiger partial charge in [0.15, 0.2) is 0 Å². The van der Waals surface area contributed by atoms with E-state index >= 15 is 0 Å². The van der Waals surface area contributed by atoms with Gasteiger partial charge in [0.2, 0.25) is 0 Å². The average Bonchev–Trinajstić information content (AvgIpc) is 2.88. The van der Waals surface area contributed by atoms with Crippen molar-refractivity contribution in [3.63, 3.8) is 0 Å². The number of hydrogen-bond acceptors (Lipinski definition) is 6. The summed E-state index contributed by atoms with van der Waals surface area (Å²) in [7, 11) is 5.17. The molecule has 1 unspecified atom stereocenters. The summed E-state index contributed by atoms with van der Waals surface area (Å²) >= 11 is 0. The van der Waals surface area contributed by atoms with Crippen LogP contribution in [0.2, 0.25) is 0 Å². The van der Waals surface area contributed by atoms with Crippen LogP contribution in [0.5, 0.6) is 0 Å². The summed E-state index contributed by atoms with van der Waals surface area (Å²) in [5.41, 5.74) is 1.02. The first-order chi connectivity index (χ1) is 16.9. The van der Waals surface area contributed by atoms with Crippen molar-refractivity contribution in [2.45, 2.75) is 89.5 Å². The fourth-order valence-corrected chi connectivity index (χ4v) is 5.53. The van der Waals surface area contributed by atoms with Crippen LogP contribution in [0.1, 0.15) is 64.5 Å². The lowest BCUT2D eigenvalue weighted by atomic mass is 9.81. The largest absolute Gasteiger partial charge is 0.457 e. The Kier molecular flexibility index (Phi) is 10.8. The van der Waals surface area contributed by atoms with E-state index < -0.39 is 5.92 Å². The summed E-state index contributed by atoms with van der Waals surface area (Å²) in [5, 5.41) is 0. The molecule has 35 heavy (non-hydrogen) atoms. The van der Waals surface area contributed by atoms with Crippen LogP contribution in [0.25, 0.3) is 0 Å². The Hall–Kier alpha value is -1.73. The van der Waals surface area contributed by atoms with Crippen molar-refractivity contribution < 1.29 is 28.5 Å². The van der Waals surface area contributed by atoms with Gasteiger partial charge in [-0.1, -0.05) is 62.8 Å². The molecule has 3 rings (SSSR count). The zero-order valence-corrected chi connectivity index (χ0v) is 22.2. The summed E-state index contributed by atoms with van der Waals surface area (Å²) in [5.74, 6) is -0.235. The van der Waals surface area contributed by atoms with Gasteiger partial charge in [0.05, 0.1) is 30.3 Å². The van der Waals surface area contributed by atoms with E-state index in [-0.39, 0.29) is 54.4 Å². The molecule has 0 aliphatic carbocycles. The first-order valence-corrected chi connectivity index (χ1v) is 13.1. The van der Waals surface area contributed by atoms with E-state index in [1.54, 1.807) is 21.3 Å². The Balaban J connectivity index is 1.91. The first kappa shape index (κ1) is 27.9. The van der Waals surface area contributed by atoms with E-state index in [0.717, 1.165) is 37.7 Å². The summed E-state index contributed by atoms with van der Waals surface area (Å²) in [6.07, 6.45) is 7.60. The molecule has 2 heterocycles. The van der Waals surface area contributed by atoms with Gasteiger partial charge in [-0.3, -0.25) is 4.79 Å². The predicted octanol–water partition coefficient (Wildman–Crippen LogP) is 5.51. The maximum Gasteiger partial charge on any atom is 0.312 e. The third kappa shape index (κ3) is 7.16. The SMILES string of the molecule is COC1CCCC[C@@H](c2ccccc2)OC(=O)[C@@H](C)[C@H]2O[C@H]([C@@H](C)/C=C/[C@H]1OC)[C@@H](C)C[C@H]2OC. The van der Waals surface area contributed by atoms with Gasteiger partial charge in [-0.25, -0.2) is 0 Å². The maximum atomic E-state index is 13.4. The fraction of sp³-hybridized carbons (Fsp3) is 0.690. The highest BCUT2D eigenvalue weighted by molar-refractivity contribution is 5.73. The number of fused-ring (bicyclic) bond motifs is 2. The van der Waals surface area contributed by atoms with Crippen molar-refractivity contribution in [2.75, 3.05) is 21.3 Å². The van der Waals surface area contributed by atoms with E-state index in [2.05, 4.69) is 26.0 Å². The lowest BCUT2D eigenvalue weighted by molar-refractivity contribution is -0.194. The average molecular weight is 489 g/mol. The molecule has 2 aliphatic heterocycles. The summed E-state index contributed by atoms with van der Waals surface area (Å²) in [6.45, 7) is 6.26. The molecule has 0 aromatic heterocycles. The summed E-state index contributed by atoms with van der Waals surface area (Å²) in [4.78, 5) is 13.4. The van der Waals surface area contributed by atoms with Crippen LogP contribution in [0.4, 0.5) is 0 Å². The van der Waals surface area contributed by atoms with Crippen LogP contribution in [0.15, 0.2) is 42.5 Å². The molecule has 0 amide bonds. The Labute approximate surface area is 211 Å². The number of rotatable bonds is 4. The van der Waals surface area contributed by atoms with E-state index in [4.69, 9.17) is 23.7 Å². The molecule has 1 saturated heterocycles. The Bertz CT molecular complexity index is 796. The molecule has 6 nitrogen and oxygen atoms in total. The van der Waals surface area contributed by atoms with Gasteiger partial charge in [-0.2, -0.15) is 0 Å². The minimum Gasteiger partial charge on any atom is -0.457 e. The van der Waals surface area contributed by atoms with Crippen LogP contribution in [-0.4, -0.2) is 57.8 Å². The lowest BCUT2D eigenvalue weighted by Crippen LogP contribution is -2.51. The number of carbonyl (C=O) groups excluding carboxylic acids is 1. The van der Waals surface area contributed by atoms with Crippen LogP contribution >= 0.6 is 0 Å². The molecule has 0 radical (unpaired) electrons. The number of hydrogen-bond donors (Lipinski definition) is 0. The Morgan fingerprint density at radius 1 is 0.829 bits per heavy atom. The van der Waals surface area contributed by atoms with E-state index in [1.165, 1.54) is 0 Å². The first-order valence-electron chi connectivity index (χ1n) is 13.1.